The maximum Gasteiger partial charge on any atom is 0.0166 e. The van der Waals surface area contributed by atoms with Gasteiger partial charge in [0.25, 0.3) is 0 Å². The van der Waals surface area contributed by atoms with Crippen LogP contribution in [0, 0.1) is 0 Å². The van der Waals surface area contributed by atoms with Gasteiger partial charge in [-0.25, -0.2) is 0 Å². The predicted octanol–water partition coefficient (Wildman–Crippen LogP) is 2.24. The standard InChI is InChI=1S/C10H17N/c1-4-6-7-8-10-11(3)9-5-2/h4-8H,2,9-10H2,1,3H3/b6-4+,8-7+. The molecule has 1 nitrogen and oxygen atoms in total. The molecule has 0 heterocycles. The third-order valence-electron chi connectivity index (χ3n) is 1.30. The van der Waals surface area contributed by atoms with Crippen molar-refractivity contribution in [2.45, 2.75) is 6.92 Å². The molecule has 0 aromatic heterocycles. The van der Waals surface area contributed by atoms with E-state index in [4.69, 9.17) is 0 Å². The van der Waals surface area contributed by atoms with E-state index in [9.17, 15) is 0 Å². The summed E-state index contributed by atoms with van der Waals surface area (Å²) in [6.45, 7) is 7.60. The molecular formula is C10H17N. The van der Waals surface area contributed by atoms with Gasteiger partial charge < -0.3 is 0 Å². The highest BCUT2D eigenvalue weighted by atomic mass is 15.1. The minimum absolute atomic E-state index is 0.945. The third-order valence-corrected chi connectivity index (χ3v) is 1.30. The molecule has 0 aliphatic heterocycles. The van der Waals surface area contributed by atoms with Crippen LogP contribution in [0.15, 0.2) is 37.0 Å². The van der Waals surface area contributed by atoms with Crippen molar-refractivity contribution < 1.29 is 0 Å². The molecule has 0 saturated carbocycles. The molecule has 0 aromatic carbocycles. The maximum atomic E-state index is 3.67. The van der Waals surface area contributed by atoms with Crippen molar-refractivity contribution in [1.29, 1.82) is 0 Å². The van der Waals surface area contributed by atoms with E-state index in [0.29, 0.717) is 0 Å². The van der Waals surface area contributed by atoms with Crippen LogP contribution in [-0.2, 0) is 0 Å². The van der Waals surface area contributed by atoms with Gasteiger partial charge in [0.2, 0.25) is 0 Å². The first-order valence-corrected chi connectivity index (χ1v) is 3.88. The molecule has 0 N–H and O–H groups in total. The summed E-state index contributed by atoms with van der Waals surface area (Å²) in [5.41, 5.74) is 0. The minimum Gasteiger partial charge on any atom is -0.299 e. The van der Waals surface area contributed by atoms with Gasteiger partial charge in [0.15, 0.2) is 0 Å². The Morgan fingerprint density at radius 2 is 2.00 bits per heavy atom. The fourth-order valence-corrected chi connectivity index (χ4v) is 0.725. The minimum atomic E-state index is 0.945. The van der Waals surface area contributed by atoms with Crippen molar-refractivity contribution in [3.05, 3.63) is 37.0 Å². The topological polar surface area (TPSA) is 3.24 Å². The van der Waals surface area contributed by atoms with Crippen LogP contribution in [0.4, 0.5) is 0 Å². The van der Waals surface area contributed by atoms with Gasteiger partial charge in [0, 0.05) is 13.1 Å². The van der Waals surface area contributed by atoms with Crippen LogP contribution in [0.5, 0.6) is 0 Å². The van der Waals surface area contributed by atoms with Gasteiger partial charge >= 0.3 is 0 Å². The Morgan fingerprint density at radius 1 is 1.27 bits per heavy atom. The lowest BCUT2D eigenvalue weighted by Gasteiger charge is -2.09. The summed E-state index contributed by atoms with van der Waals surface area (Å²) in [5, 5.41) is 0. The fourth-order valence-electron chi connectivity index (χ4n) is 0.725. The highest BCUT2D eigenvalue weighted by molar-refractivity contribution is 5.01. The Balaban J connectivity index is 3.43. The Labute approximate surface area is 69.7 Å². The van der Waals surface area contributed by atoms with E-state index in [2.05, 4.69) is 30.7 Å². The molecule has 0 radical (unpaired) electrons. The van der Waals surface area contributed by atoms with Gasteiger partial charge in [0.1, 0.15) is 0 Å². The Morgan fingerprint density at radius 3 is 2.55 bits per heavy atom. The molecule has 0 fully saturated rings. The van der Waals surface area contributed by atoms with Gasteiger partial charge in [0.05, 0.1) is 0 Å². The summed E-state index contributed by atoms with van der Waals surface area (Å²) < 4.78 is 0. The van der Waals surface area contributed by atoms with E-state index < -0.39 is 0 Å². The van der Waals surface area contributed by atoms with E-state index in [1.807, 2.05) is 25.2 Å². The highest BCUT2D eigenvalue weighted by Gasteiger charge is 1.87. The first-order chi connectivity index (χ1) is 5.31. The van der Waals surface area contributed by atoms with Crippen molar-refractivity contribution in [1.82, 2.24) is 4.90 Å². The summed E-state index contributed by atoms with van der Waals surface area (Å²) in [6, 6.07) is 0. The summed E-state index contributed by atoms with van der Waals surface area (Å²) in [5.74, 6) is 0. The third kappa shape index (κ3) is 7.07. The number of hydrogen-bond acceptors (Lipinski definition) is 1. The summed E-state index contributed by atoms with van der Waals surface area (Å²) in [4.78, 5) is 2.19. The quantitative estimate of drug-likeness (QED) is 0.430. The van der Waals surface area contributed by atoms with E-state index in [1.54, 1.807) is 0 Å². The smallest absolute Gasteiger partial charge is 0.0166 e. The van der Waals surface area contributed by atoms with Crippen LogP contribution < -0.4 is 0 Å². The van der Waals surface area contributed by atoms with Crippen LogP contribution >= 0.6 is 0 Å². The largest absolute Gasteiger partial charge is 0.299 e. The SMILES string of the molecule is C=CCN(C)C/C=C/C=C/C. The highest BCUT2D eigenvalue weighted by Crippen LogP contribution is 1.84. The average Bonchev–Trinajstić information content (AvgIpc) is 1.99. The molecule has 62 valence electrons. The predicted molar refractivity (Wildman–Crippen MR) is 51.6 cm³/mol. The first-order valence-electron chi connectivity index (χ1n) is 3.88. The molecule has 0 bridgehead atoms. The van der Waals surface area contributed by atoms with Crippen molar-refractivity contribution in [2.75, 3.05) is 20.1 Å². The molecular weight excluding hydrogens is 134 g/mol. The molecule has 0 saturated heterocycles. The fraction of sp³-hybridized carbons (Fsp3) is 0.400. The summed E-state index contributed by atoms with van der Waals surface area (Å²) in [7, 11) is 2.07. The van der Waals surface area contributed by atoms with Gasteiger partial charge in [-0.3, -0.25) is 4.90 Å². The molecule has 0 spiro atoms. The molecule has 0 aliphatic carbocycles. The van der Waals surface area contributed by atoms with Crippen molar-refractivity contribution in [3.63, 3.8) is 0 Å². The molecule has 0 aliphatic rings. The number of hydrogen-bond donors (Lipinski definition) is 0. The van der Waals surface area contributed by atoms with Gasteiger partial charge in [-0.2, -0.15) is 0 Å². The number of nitrogens with zero attached hydrogens (tertiary/aromatic N) is 1. The lowest BCUT2D eigenvalue weighted by molar-refractivity contribution is 0.413. The Hall–Kier alpha value is -0.820. The van der Waals surface area contributed by atoms with Crippen LogP contribution in [0.2, 0.25) is 0 Å². The average molecular weight is 151 g/mol. The lowest BCUT2D eigenvalue weighted by atomic mass is 10.4. The molecule has 0 atom stereocenters. The second-order valence-electron chi connectivity index (χ2n) is 2.46. The second kappa shape index (κ2) is 7.29. The van der Waals surface area contributed by atoms with Crippen molar-refractivity contribution in [2.24, 2.45) is 0 Å². The van der Waals surface area contributed by atoms with E-state index >= 15 is 0 Å². The molecule has 1 heteroatoms. The van der Waals surface area contributed by atoms with Gasteiger partial charge in [-0.15, -0.1) is 6.58 Å². The normalized spacial score (nSPS) is 11.9. The molecule has 0 rings (SSSR count). The Kier molecular flexibility index (Phi) is 6.75. The zero-order valence-electron chi connectivity index (χ0n) is 7.46. The molecule has 0 unspecified atom stereocenters. The zero-order chi connectivity index (χ0) is 8.53. The Bertz CT molecular complexity index is 145. The van der Waals surface area contributed by atoms with Crippen LogP contribution in [0.3, 0.4) is 0 Å². The van der Waals surface area contributed by atoms with E-state index in [-0.39, 0.29) is 0 Å². The van der Waals surface area contributed by atoms with Gasteiger partial charge in [-0.1, -0.05) is 30.4 Å². The summed E-state index contributed by atoms with van der Waals surface area (Å²) >= 11 is 0. The first kappa shape index (κ1) is 10.2. The number of allylic oxidation sites excluding steroid dienone is 3. The monoisotopic (exact) mass is 151 g/mol. The maximum absolute atomic E-state index is 3.67. The zero-order valence-corrected chi connectivity index (χ0v) is 7.46. The lowest BCUT2D eigenvalue weighted by Crippen LogP contribution is -2.17. The van der Waals surface area contributed by atoms with Crippen molar-refractivity contribution in [3.8, 4) is 0 Å². The number of likely N-dealkylation sites (N-methyl/N-ethyl adjacent to an activating group) is 1. The number of rotatable bonds is 5. The van der Waals surface area contributed by atoms with Gasteiger partial charge in [-0.05, 0) is 14.0 Å². The van der Waals surface area contributed by atoms with Crippen molar-refractivity contribution >= 4 is 0 Å². The van der Waals surface area contributed by atoms with Crippen LogP contribution in [0.25, 0.3) is 0 Å². The molecule has 11 heavy (non-hydrogen) atoms. The van der Waals surface area contributed by atoms with Crippen LogP contribution in [0.1, 0.15) is 6.92 Å². The summed E-state index contributed by atoms with van der Waals surface area (Å²) in [6.07, 6.45) is 10.1. The van der Waals surface area contributed by atoms with E-state index in [0.717, 1.165) is 13.1 Å². The molecule has 0 amide bonds. The van der Waals surface area contributed by atoms with E-state index in [1.165, 1.54) is 0 Å². The second-order valence-corrected chi connectivity index (χ2v) is 2.46. The molecule has 0 aromatic rings. The van der Waals surface area contributed by atoms with Crippen LogP contribution in [-0.4, -0.2) is 25.0 Å².